The number of hydrogen-bond donors (Lipinski definition) is 2. The third-order valence-corrected chi connectivity index (χ3v) is 4.33. The van der Waals surface area contributed by atoms with Gasteiger partial charge < -0.3 is 10.6 Å². The molecule has 1 saturated carbocycles. The van der Waals surface area contributed by atoms with Crippen LogP contribution in [0.25, 0.3) is 0 Å². The standard InChI is InChI=1S/C16H23FN2O/c1-12(18-2)11-19-15(20)16(8-3-4-9-16)13-6-5-7-14(17)10-13/h5-7,10,12,18H,3-4,8-9,11H2,1-2H3,(H,19,20). The predicted molar refractivity (Wildman–Crippen MR) is 78.1 cm³/mol. The van der Waals surface area contributed by atoms with E-state index in [4.69, 9.17) is 0 Å². The molecule has 0 aliphatic heterocycles. The SMILES string of the molecule is CNC(C)CNC(=O)C1(c2cccc(F)c2)CCCC1. The van der Waals surface area contributed by atoms with Crippen molar-refractivity contribution in [1.29, 1.82) is 0 Å². The minimum atomic E-state index is -0.546. The molecule has 0 heterocycles. The average Bonchev–Trinajstić information content (AvgIpc) is 2.95. The number of benzene rings is 1. The van der Waals surface area contributed by atoms with Gasteiger partial charge in [0.25, 0.3) is 0 Å². The molecule has 0 aromatic heterocycles. The normalized spacial score (nSPS) is 18.8. The third kappa shape index (κ3) is 3.01. The molecule has 4 heteroatoms. The van der Waals surface area contributed by atoms with E-state index in [0.717, 1.165) is 31.2 Å². The summed E-state index contributed by atoms with van der Waals surface area (Å²) >= 11 is 0. The highest BCUT2D eigenvalue weighted by molar-refractivity contribution is 5.88. The second-order valence-electron chi connectivity index (χ2n) is 5.70. The molecule has 2 N–H and O–H groups in total. The van der Waals surface area contributed by atoms with Gasteiger partial charge in [-0.2, -0.15) is 0 Å². The number of carbonyl (C=O) groups excluding carboxylic acids is 1. The Balaban J connectivity index is 2.19. The van der Waals surface area contributed by atoms with Gasteiger partial charge in [0.15, 0.2) is 0 Å². The van der Waals surface area contributed by atoms with Crippen molar-refractivity contribution >= 4 is 5.91 Å². The van der Waals surface area contributed by atoms with Crippen LogP contribution in [0, 0.1) is 5.82 Å². The van der Waals surface area contributed by atoms with Gasteiger partial charge in [-0.25, -0.2) is 4.39 Å². The fraction of sp³-hybridized carbons (Fsp3) is 0.562. The Hall–Kier alpha value is -1.42. The van der Waals surface area contributed by atoms with Crippen LogP contribution >= 0.6 is 0 Å². The van der Waals surface area contributed by atoms with E-state index in [0.29, 0.717) is 6.54 Å². The molecule has 1 aliphatic carbocycles. The molecular formula is C16H23FN2O. The quantitative estimate of drug-likeness (QED) is 0.868. The zero-order valence-corrected chi connectivity index (χ0v) is 12.2. The number of carbonyl (C=O) groups is 1. The molecule has 0 bridgehead atoms. The molecule has 110 valence electrons. The first-order valence-corrected chi connectivity index (χ1v) is 7.30. The van der Waals surface area contributed by atoms with Crippen LogP contribution in [0.3, 0.4) is 0 Å². The molecule has 0 radical (unpaired) electrons. The highest BCUT2D eigenvalue weighted by Gasteiger charge is 2.42. The predicted octanol–water partition coefficient (Wildman–Crippen LogP) is 2.36. The molecule has 1 fully saturated rings. The van der Waals surface area contributed by atoms with Crippen molar-refractivity contribution in [2.24, 2.45) is 0 Å². The number of amides is 1. The lowest BCUT2D eigenvalue weighted by Crippen LogP contribution is -2.46. The molecular weight excluding hydrogens is 255 g/mol. The van der Waals surface area contributed by atoms with Gasteiger partial charge in [0, 0.05) is 12.6 Å². The Kier molecular flexibility index (Phi) is 4.76. The molecule has 0 spiro atoms. The molecule has 1 aromatic rings. The summed E-state index contributed by atoms with van der Waals surface area (Å²) in [4.78, 5) is 12.6. The molecule has 1 atom stereocenters. The number of nitrogens with one attached hydrogen (secondary N) is 2. The van der Waals surface area contributed by atoms with E-state index in [2.05, 4.69) is 10.6 Å². The fourth-order valence-electron chi connectivity index (χ4n) is 2.93. The van der Waals surface area contributed by atoms with Gasteiger partial charge in [0.05, 0.1) is 5.41 Å². The molecule has 3 nitrogen and oxygen atoms in total. The zero-order valence-electron chi connectivity index (χ0n) is 12.2. The Morgan fingerprint density at radius 3 is 2.70 bits per heavy atom. The molecule has 20 heavy (non-hydrogen) atoms. The van der Waals surface area contributed by atoms with Gasteiger partial charge in [0.2, 0.25) is 5.91 Å². The van der Waals surface area contributed by atoms with E-state index in [9.17, 15) is 9.18 Å². The largest absolute Gasteiger partial charge is 0.354 e. The van der Waals surface area contributed by atoms with Gasteiger partial charge in [-0.05, 0) is 44.5 Å². The monoisotopic (exact) mass is 278 g/mol. The first-order chi connectivity index (χ1) is 9.58. The topological polar surface area (TPSA) is 41.1 Å². The maximum Gasteiger partial charge on any atom is 0.230 e. The zero-order chi connectivity index (χ0) is 14.6. The van der Waals surface area contributed by atoms with E-state index in [1.54, 1.807) is 6.07 Å². The summed E-state index contributed by atoms with van der Waals surface area (Å²) in [7, 11) is 1.87. The van der Waals surface area contributed by atoms with Crippen molar-refractivity contribution in [2.75, 3.05) is 13.6 Å². The van der Waals surface area contributed by atoms with Crippen LogP contribution in [0.4, 0.5) is 4.39 Å². The summed E-state index contributed by atoms with van der Waals surface area (Å²) in [6, 6.07) is 6.72. The van der Waals surface area contributed by atoms with Gasteiger partial charge in [-0.1, -0.05) is 25.0 Å². The lowest BCUT2D eigenvalue weighted by Gasteiger charge is -2.29. The molecule has 1 aromatic carbocycles. The molecule has 1 unspecified atom stereocenters. The van der Waals surface area contributed by atoms with Crippen LogP contribution in [0.1, 0.15) is 38.2 Å². The Morgan fingerprint density at radius 2 is 2.10 bits per heavy atom. The highest BCUT2D eigenvalue weighted by atomic mass is 19.1. The lowest BCUT2D eigenvalue weighted by molar-refractivity contribution is -0.126. The van der Waals surface area contributed by atoms with Gasteiger partial charge >= 0.3 is 0 Å². The summed E-state index contributed by atoms with van der Waals surface area (Å²) < 4.78 is 13.5. The number of hydrogen-bond acceptors (Lipinski definition) is 2. The van der Waals surface area contributed by atoms with E-state index >= 15 is 0 Å². The first kappa shape index (κ1) is 15.0. The molecule has 0 saturated heterocycles. The van der Waals surface area contributed by atoms with Gasteiger partial charge in [-0.3, -0.25) is 4.79 Å². The molecule has 1 amide bonds. The summed E-state index contributed by atoms with van der Waals surface area (Å²) in [5.74, 6) is -0.243. The minimum Gasteiger partial charge on any atom is -0.354 e. The van der Waals surface area contributed by atoms with Gasteiger partial charge in [-0.15, -0.1) is 0 Å². The van der Waals surface area contributed by atoms with Crippen LogP contribution < -0.4 is 10.6 Å². The van der Waals surface area contributed by atoms with E-state index in [-0.39, 0.29) is 17.8 Å². The van der Waals surface area contributed by atoms with Crippen molar-refractivity contribution in [3.8, 4) is 0 Å². The smallest absolute Gasteiger partial charge is 0.230 e. The summed E-state index contributed by atoms with van der Waals surface area (Å²) in [5, 5.41) is 6.11. The van der Waals surface area contributed by atoms with E-state index < -0.39 is 5.41 Å². The Morgan fingerprint density at radius 1 is 1.40 bits per heavy atom. The van der Waals surface area contributed by atoms with Crippen molar-refractivity contribution in [3.63, 3.8) is 0 Å². The number of rotatable bonds is 5. The van der Waals surface area contributed by atoms with Crippen LogP contribution in [-0.2, 0) is 10.2 Å². The van der Waals surface area contributed by atoms with Crippen LogP contribution in [0.15, 0.2) is 24.3 Å². The fourth-order valence-corrected chi connectivity index (χ4v) is 2.93. The van der Waals surface area contributed by atoms with Crippen molar-refractivity contribution in [1.82, 2.24) is 10.6 Å². The lowest BCUT2D eigenvalue weighted by atomic mass is 9.78. The minimum absolute atomic E-state index is 0.0303. The second kappa shape index (κ2) is 6.35. The first-order valence-electron chi connectivity index (χ1n) is 7.30. The summed E-state index contributed by atoms with van der Waals surface area (Å²) in [6.45, 7) is 2.61. The maximum absolute atomic E-state index is 13.5. The van der Waals surface area contributed by atoms with E-state index in [1.165, 1.54) is 12.1 Å². The summed E-state index contributed by atoms with van der Waals surface area (Å²) in [6.07, 6.45) is 3.64. The Labute approximate surface area is 120 Å². The maximum atomic E-state index is 13.5. The van der Waals surface area contributed by atoms with E-state index in [1.807, 2.05) is 20.0 Å². The number of likely N-dealkylation sites (N-methyl/N-ethyl adjacent to an activating group) is 1. The number of halogens is 1. The Bertz CT molecular complexity index is 469. The summed E-state index contributed by atoms with van der Waals surface area (Å²) in [5.41, 5.74) is 0.264. The second-order valence-corrected chi connectivity index (χ2v) is 5.70. The van der Waals surface area contributed by atoms with Crippen LogP contribution in [0.5, 0.6) is 0 Å². The van der Waals surface area contributed by atoms with Crippen molar-refractivity contribution < 1.29 is 9.18 Å². The average molecular weight is 278 g/mol. The van der Waals surface area contributed by atoms with Gasteiger partial charge in [0.1, 0.15) is 5.82 Å². The third-order valence-electron chi connectivity index (χ3n) is 4.33. The van der Waals surface area contributed by atoms with Crippen LogP contribution in [0.2, 0.25) is 0 Å². The van der Waals surface area contributed by atoms with Crippen LogP contribution in [-0.4, -0.2) is 25.5 Å². The van der Waals surface area contributed by atoms with Crippen molar-refractivity contribution in [2.45, 2.75) is 44.1 Å². The highest BCUT2D eigenvalue weighted by Crippen LogP contribution is 2.41. The van der Waals surface area contributed by atoms with Crippen molar-refractivity contribution in [3.05, 3.63) is 35.6 Å². The molecule has 1 aliphatic rings. The molecule has 2 rings (SSSR count).